The summed E-state index contributed by atoms with van der Waals surface area (Å²) in [5, 5.41) is 13.7. The number of benzene rings is 2. The van der Waals surface area contributed by atoms with Crippen molar-refractivity contribution in [1.29, 1.82) is 0 Å². The van der Waals surface area contributed by atoms with Gasteiger partial charge in [-0.3, -0.25) is 20.2 Å². The van der Waals surface area contributed by atoms with Gasteiger partial charge in [0.15, 0.2) is 16.6 Å². The summed E-state index contributed by atoms with van der Waals surface area (Å²) in [4.78, 5) is 34.9. The Hall–Kier alpha value is -3.72. The van der Waals surface area contributed by atoms with Gasteiger partial charge in [0.1, 0.15) is 12.2 Å². The highest BCUT2D eigenvalue weighted by atomic mass is 32.1. The largest absolute Gasteiger partial charge is 0.490 e. The van der Waals surface area contributed by atoms with Gasteiger partial charge in [-0.05, 0) is 60.6 Å². The number of carbonyl (C=O) groups excluding carboxylic acids is 2. The quantitative estimate of drug-likeness (QED) is 0.354. The number of hydrogen-bond acceptors (Lipinski definition) is 6. The molecule has 1 fully saturated rings. The number of carboxylic acids is 1. The predicted molar refractivity (Wildman–Crippen MR) is 112 cm³/mol. The highest BCUT2D eigenvalue weighted by Crippen LogP contribution is 2.30. The van der Waals surface area contributed by atoms with Crippen LogP contribution in [0.15, 0.2) is 48.0 Å². The number of aromatic carboxylic acids is 1. The van der Waals surface area contributed by atoms with Gasteiger partial charge < -0.3 is 14.6 Å². The molecule has 0 bridgehead atoms. The lowest BCUT2D eigenvalue weighted by Crippen LogP contribution is -2.51. The number of thiocarbonyl (C=S) groups is 1. The maximum absolute atomic E-state index is 12.0. The third kappa shape index (κ3) is 5.00. The SMILES string of the molecule is CCOc1cc(C=C2C(=O)NC(=S)NC2=O)ccc1OCc1ccc(C(=O)O)cc1. The highest BCUT2D eigenvalue weighted by Gasteiger charge is 2.25. The van der Waals surface area contributed by atoms with E-state index < -0.39 is 17.8 Å². The molecule has 3 N–H and O–H groups in total. The predicted octanol–water partition coefficient (Wildman–Crippen LogP) is 2.28. The van der Waals surface area contributed by atoms with Gasteiger partial charge in [0.2, 0.25) is 0 Å². The molecular formula is C21H18N2O6S. The van der Waals surface area contributed by atoms with Crippen LogP contribution in [-0.2, 0) is 16.2 Å². The normalized spacial score (nSPS) is 13.4. The molecule has 0 aromatic heterocycles. The lowest BCUT2D eigenvalue weighted by atomic mass is 10.1. The molecule has 9 heteroatoms. The van der Waals surface area contributed by atoms with Crippen molar-refractivity contribution in [2.75, 3.05) is 6.61 Å². The molecule has 1 aliphatic heterocycles. The number of carbonyl (C=O) groups is 3. The van der Waals surface area contributed by atoms with Crippen LogP contribution in [0.3, 0.4) is 0 Å². The molecule has 0 atom stereocenters. The van der Waals surface area contributed by atoms with Gasteiger partial charge in [-0.25, -0.2) is 4.79 Å². The maximum Gasteiger partial charge on any atom is 0.335 e. The average Bonchev–Trinajstić information content (AvgIpc) is 2.70. The molecule has 0 aliphatic carbocycles. The van der Waals surface area contributed by atoms with Crippen LogP contribution in [0.25, 0.3) is 6.08 Å². The molecular weight excluding hydrogens is 408 g/mol. The van der Waals surface area contributed by atoms with Crippen LogP contribution in [0.2, 0.25) is 0 Å². The summed E-state index contributed by atoms with van der Waals surface area (Å²) in [7, 11) is 0. The summed E-state index contributed by atoms with van der Waals surface area (Å²) in [6, 6.07) is 11.4. The van der Waals surface area contributed by atoms with Crippen molar-refractivity contribution in [2.45, 2.75) is 13.5 Å². The summed E-state index contributed by atoms with van der Waals surface area (Å²) in [5.74, 6) is -1.23. The van der Waals surface area contributed by atoms with E-state index in [1.807, 2.05) is 6.92 Å². The van der Waals surface area contributed by atoms with Gasteiger partial charge in [-0.2, -0.15) is 0 Å². The number of hydrogen-bond donors (Lipinski definition) is 3. The fourth-order valence-corrected chi connectivity index (χ4v) is 2.87. The summed E-state index contributed by atoms with van der Waals surface area (Å²) in [5.41, 5.74) is 1.49. The van der Waals surface area contributed by atoms with Crippen LogP contribution < -0.4 is 20.1 Å². The van der Waals surface area contributed by atoms with Crippen molar-refractivity contribution in [2.24, 2.45) is 0 Å². The second kappa shape index (κ2) is 9.19. The van der Waals surface area contributed by atoms with Gasteiger partial charge in [-0.15, -0.1) is 0 Å². The number of nitrogens with one attached hydrogen (secondary N) is 2. The molecule has 0 saturated carbocycles. The monoisotopic (exact) mass is 426 g/mol. The van der Waals surface area contributed by atoms with Crippen molar-refractivity contribution in [1.82, 2.24) is 10.6 Å². The topological polar surface area (TPSA) is 114 Å². The molecule has 0 unspecified atom stereocenters. The van der Waals surface area contributed by atoms with Crippen molar-refractivity contribution in [3.05, 3.63) is 64.7 Å². The summed E-state index contributed by atoms with van der Waals surface area (Å²) < 4.78 is 11.4. The molecule has 2 amide bonds. The fraction of sp³-hybridized carbons (Fsp3) is 0.143. The number of amides is 2. The summed E-state index contributed by atoms with van der Waals surface area (Å²) >= 11 is 4.78. The van der Waals surface area contributed by atoms with Crippen molar-refractivity contribution < 1.29 is 29.0 Å². The minimum absolute atomic E-state index is 0.0303. The Labute approximate surface area is 177 Å². The maximum atomic E-state index is 12.0. The van der Waals surface area contributed by atoms with Crippen molar-refractivity contribution in [3.63, 3.8) is 0 Å². The zero-order valence-corrected chi connectivity index (χ0v) is 16.7. The minimum Gasteiger partial charge on any atom is -0.490 e. The van der Waals surface area contributed by atoms with E-state index in [4.69, 9.17) is 26.8 Å². The Balaban J connectivity index is 1.78. The first-order valence-corrected chi connectivity index (χ1v) is 9.38. The van der Waals surface area contributed by atoms with Crippen LogP contribution in [0, 0.1) is 0 Å². The summed E-state index contributed by atoms with van der Waals surface area (Å²) in [6.07, 6.45) is 1.43. The summed E-state index contributed by atoms with van der Waals surface area (Å²) in [6.45, 7) is 2.42. The molecule has 1 aliphatic rings. The second-order valence-electron chi connectivity index (χ2n) is 6.23. The average molecular weight is 426 g/mol. The molecule has 2 aromatic rings. The van der Waals surface area contributed by atoms with E-state index in [-0.39, 0.29) is 22.9 Å². The fourth-order valence-electron chi connectivity index (χ4n) is 2.68. The van der Waals surface area contributed by atoms with Crippen LogP contribution in [-0.4, -0.2) is 34.6 Å². The molecule has 3 rings (SSSR count). The lowest BCUT2D eigenvalue weighted by Gasteiger charge is -2.17. The van der Waals surface area contributed by atoms with Gasteiger partial charge in [0.25, 0.3) is 11.8 Å². The first-order valence-electron chi connectivity index (χ1n) is 8.97. The standard InChI is InChI=1S/C21H18N2O6S/c1-2-28-17-10-13(9-15-18(24)22-21(30)23-19(15)25)5-8-16(17)29-11-12-3-6-14(7-4-12)20(26)27/h3-10H,2,11H2,1H3,(H,26,27)(H2,22,23,24,25,30). The Morgan fingerprint density at radius 3 is 2.30 bits per heavy atom. The Morgan fingerprint density at radius 2 is 1.70 bits per heavy atom. The molecule has 30 heavy (non-hydrogen) atoms. The first kappa shape index (κ1) is 21.0. The highest BCUT2D eigenvalue weighted by molar-refractivity contribution is 7.80. The first-order chi connectivity index (χ1) is 14.4. The van der Waals surface area contributed by atoms with Crippen LogP contribution >= 0.6 is 12.2 Å². The van der Waals surface area contributed by atoms with E-state index in [2.05, 4.69) is 10.6 Å². The third-order valence-electron chi connectivity index (χ3n) is 4.12. The Kier molecular flexibility index (Phi) is 6.43. The zero-order valence-electron chi connectivity index (χ0n) is 15.9. The molecule has 2 aromatic carbocycles. The molecule has 1 heterocycles. The minimum atomic E-state index is -0.993. The molecule has 1 saturated heterocycles. The Morgan fingerprint density at radius 1 is 1.03 bits per heavy atom. The second-order valence-corrected chi connectivity index (χ2v) is 6.63. The van der Waals surface area contributed by atoms with Crippen LogP contribution in [0.1, 0.15) is 28.4 Å². The van der Waals surface area contributed by atoms with Gasteiger partial charge in [0.05, 0.1) is 12.2 Å². The molecule has 0 radical (unpaired) electrons. The van der Waals surface area contributed by atoms with Gasteiger partial charge in [0, 0.05) is 0 Å². The van der Waals surface area contributed by atoms with E-state index in [1.165, 1.54) is 18.2 Å². The third-order valence-corrected chi connectivity index (χ3v) is 4.32. The zero-order chi connectivity index (χ0) is 21.7. The smallest absolute Gasteiger partial charge is 0.335 e. The number of ether oxygens (including phenoxy) is 2. The van der Waals surface area contributed by atoms with E-state index in [1.54, 1.807) is 30.3 Å². The van der Waals surface area contributed by atoms with Gasteiger partial charge in [-0.1, -0.05) is 18.2 Å². The van der Waals surface area contributed by atoms with E-state index in [0.717, 1.165) is 5.56 Å². The number of rotatable bonds is 7. The van der Waals surface area contributed by atoms with Crippen LogP contribution in [0.5, 0.6) is 11.5 Å². The Bertz CT molecular complexity index is 1020. The van der Waals surface area contributed by atoms with Crippen LogP contribution in [0.4, 0.5) is 0 Å². The molecule has 8 nitrogen and oxygen atoms in total. The molecule has 154 valence electrons. The molecule has 0 spiro atoms. The van der Waals surface area contributed by atoms with E-state index in [0.29, 0.717) is 23.7 Å². The van der Waals surface area contributed by atoms with Crippen molar-refractivity contribution >= 4 is 41.2 Å². The van der Waals surface area contributed by atoms with Crippen molar-refractivity contribution in [3.8, 4) is 11.5 Å². The van der Waals surface area contributed by atoms with E-state index in [9.17, 15) is 14.4 Å². The van der Waals surface area contributed by atoms with E-state index >= 15 is 0 Å². The number of carboxylic acid groups (broad SMARTS) is 1. The van der Waals surface area contributed by atoms with Gasteiger partial charge >= 0.3 is 5.97 Å². The lowest BCUT2D eigenvalue weighted by molar-refractivity contribution is -0.123.